The molecule has 4 nitrogen and oxygen atoms in total. The van der Waals surface area contributed by atoms with Crippen LogP contribution in [0, 0.1) is 0 Å². The Labute approximate surface area is 132 Å². The maximum atomic E-state index is 11.8. The third kappa shape index (κ3) is 6.24. The Bertz CT molecular complexity index is 544. The van der Waals surface area contributed by atoms with Crippen LogP contribution in [0.3, 0.4) is 0 Å². The maximum absolute atomic E-state index is 11.8. The summed E-state index contributed by atoms with van der Waals surface area (Å²) in [6, 6.07) is 5.38. The zero-order chi connectivity index (χ0) is 15.9. The Kier molecular flexibility index (Phi) is 7.49. The lowest BCUT2D eigenvalue weighted by Gasteiger charge is -2.13. The van der Waals surface area contributed by atoms with E-state index >= 15 is 0 Å². The summed E-state index contributed by atoms with van der Waals surface area (Å²) in [6.45, 7) is 7.17. The molecule has 0 saturated carbocycles. The van der Waals surface area contributed by atoms with E-state index in [4.69, 9.17) is 16.3 Å². The molecule has 1 aromatic rings. The zero-order valence-electron chi connectivity index (χ0n) is 12.9. The third-order valence-corrected chi connectivity index (χ3v) is 5.52. The average molecular weight is 334 g/mol. The van der Waals surface area contributed by atoms with Crippen molar-refractivity contribution in [3.8, 4) is 5.75 Å². The predicted molar refractivity (Wildman–Crippen MR) is 87.9 cm³/mol. The van der Waals surface area contributed by atoms with Crippen molar-refractivity contribution in [2.75, 3.05) is 18.9 Å². The second-order valence-corrected chi connectivity index (χ2v) is 8.31. The highest BCUT2D eigenvalue weighted by Gasteiger charge is 2.16. The van der Waals surface area contributed by atoms with Gasteiger partial charge in [0.1, 0.15) is 12.4 Å². The summed E-state index contributed by atoms with van der Waals surface area (Å²) in [6.07, 6.45) is 1.05. The van der Waals surface area contributed by atoms with Gasteiger partial charge in [0.15, 0.2) is 9.84 Å². The SMILES string of the molecule is CCCNCc1cc(Cl)ccc1OCCS(=O)(=O)C(C)C. The molecule has 0 aliphatic rings. The molecule has 0 amide bonds. The molecule has 1 rings (SSSR count). The first-order chi connectivity index (χ1) is 9.86. The Balaban J connectivity index is 2.65. The Morgan fingerprint density at radius 2 is 2.05 bits per heavy atom. The largest absolute Gasteiger partial charge is 0.492 e. The Morgan fingerprint density at radius 3 is 2.67 bits per heavy atom. The van der Waals surface area contributed by atoms with Crippen molar-refractivity contribution >= 4 is 21.4 Å². The second kappa shape index (κ2) is 8.61. The van der Waals surface area contributed by atoms with Crippen molar-refractivity contribution in [3.63, 3.8) is 0 Å². The van der Waals surface area contributed by atoms with Gasteiger partial charge in [-0.25, -0.2) is 8.42 Å². The molecule has 0 heterocycles. The summed E-state index contributed by atoms with van der Waals surface area (Å²) >= 11 is 6.00. The fraction of sp³-hybridized carbons (Fsp3) is 0.600. The highest BCUT2D eigenvalue weighted by Crippen LogP contribution is 2.23. The van der Waals surface area contributed by atoms with Crippen molar-refractivity contribution in [1.29, 1.82) is 0 Å². The maximum Gasteiger partial charge on any atom is 0.155 e. The van der Waals surface area contributed by atoms with Crippen molar-refractivity contribution < 1.29 is 13.2 Å². The average Bonchev–Trinajstić information content (AvgIpc) is 2.41. The van der Waals surface area contributed by atoms with Crippen LogP contribution in [0.15, 0.2) is 18.2 Å². The topological polar surface area (TPSA) is 55.4 Å². The van der Waals surface area contributed by atoms with Crippen LogP contribution in [0.5, 0.6) is 5.75 Å². The van der Waals surface area contributed by atoms with Gasteiger partial charge in [-0.3, -0.25) is 0 Å². The first-order valence-corrected chi connectivity index (χ1v) is 9.29. The van der Waals surface area contributed by atoms with Gasteiger partial charge >= 0.3 is 0 Å². The minimum atomic E-state index is -3.08. The molecule has 0 fully saturated rings. The molecule has 0 aliphatic heterocycles. The molecule has 6 heteroatoms. The van der Waals surface area contributed by atoms with Crippen LogP contribution in [0.1, 0.15) is 32.8 Å². The monoisotopic (exact) mass is 333 g/mol. The molecule has 0 radical (unpaired) electrons. The van der Waals surface area contributed by atoms with Crippen LogP contribution in [-0.2, 0) is 16.4 Å². The number of rotatable bonds is 9. The number of hydrogen-bond donors (Lipinski definition) is 1. The van der Waals surface area contributed by atoms with Gasteiger partial charge in [0.05, 0.1) is 11.0 Å². The highest BCUT2D eigenvalue weighted by molar-refractivity contribution is 7.91. The van der Waals surface area contributed by atoms with Crippen molar-refractivity contribution in [1.82, 2.24) is 5.32 Å². The minimum Gasteiger partial charge on any atom is -0.492 e. The summed E-state index contributed by atoms with van der Waals surface area (Å²) in [7, 11) is -3.08. The molecule has 21 heavy (non-hydrogen) atoms. The first kappa shape index (κ1) is 18.3. The van der Waals surface area contributed by atoms with Crippen molar-refractivity contribution in [3.05, 3.63) is 28.8 Å². The summed E-state index contributed by atoms with van der Waals surface area (Å²) < 4.78 is 29.1. The Hall–Kier alpha value is -0.780. The second-order valence-electron chi connectivity index (χ2n) is 5.19. The molecule has 0 unspecified atom stereocenters. The lowest BCUT2D eigenvalue weighted by atomic mass is 10.2. The molecule has 1 N–H and O–H groups in total. The molecule has 0 spiro atoms. The van der Waals surface area contributed by atoms with Crippen LogP contribution in [0.25, 0.3) is 0 Å². The third-order valence-electron chi connectivity index (χ3n) is 3.11. The van der Waals surface area contributed by atoms with Crippen LogP contribution in [0.2, 0.25) is 5.02 Å². The van der Waals surface area contributed by atoms with Crippen LogP contribution in [-0.4, -0.2) is 32.6 Å². The van der Waals surface area contributed by atoms with E-state index in [1.54, 1.807) is 26.0 Å². The molecule has 0 bridgehead atoms. The number of halogens is 1. The molecule has 1 aromatic carbocycles. The van der Waals surface area contributed by atoms with Gasteiger partial charge in [-0.05, 0) is 45.0 Å². The lowest BCUT2D eigenvalue weighted by Crippen LogP contribution is -2.22. The Morgan fingerprint density at radius 1 is 1.33 bits per heavy atom. The fourth-order valence-corrected chi connectivity index (χ4v) is 2.71. The number of sulfone groups is 1. The van der Waals surface area contributed by atoms with Gasteiger partial charge in [0.25, 0.3) is 0 Å². The molecule has 0 saturated heterocycles. The van der Waals surface area contributed by atoms with Crippen molar-refractivity contribution in [2.24, 2.45) is 0 Å². The minimum absolute atomic E-state index is 0.0229. The predicted octanol–water partition coefficient (Wildman–Crippen LogP) is 3.04. The van der Waals surface area contributed by atoms with E-state index in [0.717, 1.165) is 18.5 Å². The van der Waals surface area contributed by atoms with Gasteiger partial charge in [-0.1, -0.05) is 18.5 Å². The van der Waals surface area contributed by atoms with E-state index in [1.165, 1.54) is 0 Å². The molecular formula is C15H24ClNO3S. The van der Waals surface area contributed by atoms with Crippen LogP contribution >= 0.6 is 11.6 Å². The number of hydrogen-bond acceptors (Lipinski definition) is 4. The molecule has 0 atom stereocenters. The van der Waals surface area contributed by atoms with E-state index in [2.05, 4.69) is 12.2 Å². The van der Waals surface area contributed by atoms with E-state index in [9.17, 15) is 8.42 Å². The molecule has 0 aliphatic carbocycles. The van der Waals surface area contributed by atoms with Crippen molar-refractivity contribution in [2.45, 2.75) is 39.0 Å². The van der Waals surface area contributed by atoms with Gasteiger partial charge in [-0.2, -0.15) is 0 Å². The summed E-state index contributed by atoms with van der Waals surface area (Å²) in [5.41, 5.74) is 0.942. The highest BCUT2D eigenvalue weighted by atomic mass is 35.5. The van der Waals surface area contributed by atoms with E-state index in [1.807, 2.05) is 6.07 Å². The smallest absolute Gasteiger partial charge is 0.155 e. The number of ether oxygens (including phenoxy) is 1. The zero-order valence-corrected chi connectivity index (χ0v) is 14.4. The normalized spacial score (nSPS) is 11.9. The quantitative estimate of drug-likeness (QED) is 0.706. The van der Waals surface area contributed by atoms with Crippen LogP contribution < -0.4 is 10.1 Å². The number of nitrogens with one attached hydrogen (secondary N) is 1. The fourth-order valence-electron chi connectivity index (χ4n) is 1.73. The van der Waals surface area contributed by atoms with Gasteiger partial charge in [0.2, 0.25) is 0 Å². The first-order valence-electron chi connectivity index (χ1n) is 7.20. The van der Waals surface area contributed by atoms with E-state index < -0.39 is 9.84 Å². The lowest BCUT2D eigenvalue weighted by molar-refractivity contribution is 0.336. The standard InChI is InChI=1S/C15H24ClNO3S/c1-4-7-17-11-13-10-14(16)5-6-15(13)20-8-9-21(18,19)12(2)3/h5-6,10,12,17H,4,7-9,11H2,1-3H3. The van der Waals surface area contributed by atoms with Crippen LogP contribution in [0.4, 0.5) is 0 Å². The van der Waals surface area contributed by atoms with E-state index in [0.29, 0.717) is 17.3 Å². The summed E-state index contributed by atoms with van der Waals surface area (Å²) in [5, 5.41) is 3.55. The van der Waals surface area contributed by atoms with Gasteiger partial charge in [-0.15, -0.1) is 0 Å². The van der Waals surface area contributed by atoms with E-state index in [-0.39, 0.29) is 17.6 Å². The van der Waals surface area contributed by atoms with Gasteiger partial charge in [0, 0.05) is 17.1 Å². The molecule has 120 valence electrons. The molecule has 0 aromatic heterocycles. The summed E-state index contributed by atoms with van der Waals surface area (Å²) in [4.78, 5) is 0. The molecular weight excluding hydrogens is 310 g/mol. The summed E-state index contributed by atoms with van der Waals surface area (Å²) in [5.74, 6) is 0.705. The number of benzene rings is 1. The van der Waals surface area contributed by atoms with Gasteiger partial charge < -0.3 is 10.1 Å².